The molecule has 3 atom stereocenters. The van der Waals surface area contributed by atoms with E-state index >= 15 is 0 Å². The van der Waals surface area contributed by atoms with Crippen LogP contribution in [-0.2, 0) is 9.53 Å². The van der Waals surface area contributed by atoms with Gasteiger partial charge in [0.1, 0.15) is 0 Å². The van der Waals surface area contributed by atoms with Crippen LogP contribution in [0.4, 0.5) is 0 Å². The Morgan fingerprint density at radius 1 is 1.44 bits per heavy atom. The number of ether oxygens (including phenoxy) is 1. The second-order valence-corrected chi connectivity index (χ2v) is 5.49. The molecule has 3 rings (SSSR count). The summed E-state index contributed by atoms with van der Waals surface area (Å²) < 4.78 is 5.27. The quantitative estimate of drug-likeness (QED) is 0.670. The first kappa shape index (κ1) is 10.6. The third kappa shape index (κ3) is 1.27. The van der Waals surface area contributed by atoms with Crippen molar-refractivity contribution in [3.05, 3.63) is 0 Å². The molecule has 3 fully saturated rings. The van der Waals surface area contributed by atoms with E-state index in [1.54, 1.807) is 0 Å². The van der Waals surface area contributed by atoms with Crippen molar-refractivity contribution in [2.45, 2.75) is 57.0 Å². The zero-order valence-electron chi connectivity index (χ0n) is 10.1. The van der Waals surface area contributed by atoms with Gasteiger partial charge in [-0.15, -0.1) is 0 Å². The summed E-state index contributed by atoms with van der Waals surface area (Å²) in [7, 11) is 0. The Balaban J connectivity index is 1.87. The maximum atomic E-state index is 12.1. The van der Waals surface area contributed by atoms with Gasteiger partial charge in [-0.2, -0.15) is 0 Å². The SMILES string of the molecule is CCOC(=O)C1CC2CCCC13CCCN23. The van der Waals surface area contributed by atoms with Crippen LogP contribution in [0.1, 0.15) is 45.4 Å². The molecular weight excluding hydrogens is 202 g/mol. The monoisotopic (exact) mass is 223 g/mol. The topological polar surface area (TPSA) is 29.5 Å². The van der Waals surface area contributed by atoms with Crippen LogP contribution < -0.4 is 0 Å². The molecule has 3 nitrogen and oxygen atoms in total. The number of esters is 1. The second-order valence-electron chi connectivity index (χ2n) is 5.49. The Kier molecular flexibility index (Phi) is 2.46. The molecule has 3 saturated heterocycles. The first-order chi connectivity index (χ1) is 7.78. The molecule has 16 heavy (non-hydrogen) atoms. The van der Waals surface area contributed by atoms with E-state index in [4.69, 9.17) is 4.74 Å². The van der Waals surface area contributed by atoms with Crippen molar-refractivity contribution >= 4 is 5.97 Å². The number of piperidine rings is 1. The van der Waals surface area contributed by atoms with Crippen LogP contribution >= 0.6 is 0 Å². The van der Waals surface area contributed by atoms with E-state index in [1.807, 2.05) is 6.92 Å². The van der Waals surface area contributed by atoms with Crippen molar-refractivity contribution in [1.29, 1.82) is 0 Å². The lowest BCUT2D eigenvalue weighted by atomic mass is 9.80. The average molecular weight is 223 g/mol. The molecule has 3 aliphatic heterocycles. The van der Waals surface area contributed by atoms with Crippen molar-refractivity contribution in [3.63, 3.8) is 0 Å². The highest BCUT2D eigenvalue weighted by Gasteiger charge is 2.59. The molecule has 3 unspecified atom stereocenters. The first-order valence-electron chi connectivity index (χ1n) is 6.71. The summed E-state index contributed by atoms with van der Waals surface area (Å²) in [4.78, 5) is 14.7. The number of hydrogen-bond acceptors (Lipinski definition) is 3. The Hall–Kier alpha value is -0.570. The lowest BCUT2D eigenvalue weighted by molar-refractivity contribution is -0.151. The molecule has 0 saturated carbocycles. The molecule has 0 aromatic rings. The Morgan fingerprint density at radius 3 is 3.06 bits per heavy atom. The molecular formula is C13H21NO2. The van der Waals surface area contributed by atoms with Gasteiger partial charge in [0.25, 0.3) is 0 Å². The highest BCUT2D eigenvalue weighted by Crippen LogP contribution is 2.53. The number of carbonyl (C=O) groups excluding carboxylic acids is 1. The highest BCUT2D eigenvalue weighted by molar-refractivity contribution is 5.75. The predicted molar refractivity (Wildman–Crippen MR) is 61.1 cm³/mol. The van der Waals surface area contributed by atoms with Gasteiger partial charge in [-0.3, -0.25) is 9.69 Å². The Bertz CT molecular complexity index is 304. The van der Waals surface area contributed by atoms with Crippen molar-refractivity contribution in [2.24, 2.45) is 5.92 Å². The van der Waals surface area contributed by atoms with Crippen LogP contribution in [0.5, 0.6) is 0 Å². The number of nitrogens with zero attached hydrogens (tertiary/aromatic N) is 1. The van der Waals surface area contributed by atoms with Gasteiger partial charge in [-0.25, -0.2) is 0 Å². The van der Waals surface area contributed by atoms with Gasteiger partial charge >= 0.3 is 5.97 Å². The lowest BCUT2D eigenvalue weighted by Crippen LogP contribution is -2.50. The van der Waals surface area contributed by atoms with Gasteiger partial charge in [0.05, 0.1) is 12.5 Å². The molecule has 0 aromatic heterocycles. The summed E-state index contributed by atoms with van der Waals surface area (Å²) in [6, 6.07) is 0.672. The van der Waals surface area contributed by atoms with Crippen LogP contribution in [0.15, 0.2) is 0 Å². The fourth-order valence-corrected chi connectivity index (χ4v) is 4.38. The van der Waals surface area contributed by atoms with Crippen LogP contribution in [0.3, 0.4) is 0 Å². The molecule has 3 aliphatic rings. The van der Waals surface area contributed by atoms with Gasteiger partial charge in [0.2, 0.25) is 0 Å². The third-order valence-electron chi connectivity index (χ3n) is 4.90. The van der Waals surface area contributed by atoms with Gasteiger partial charge in [-0.05, 0) is 45.6 Å². The van der Waals surface area contributed by atoms with E-state index in [9.17, 15) is 4.79 Å². The summed E-state index contributed by atoms with van der Waals surface area (Å²) in [6.45, 7) is 3.64. The van der Waals surface area contributed by atoms with Crippen molar-refractivity contribution in [3.8, 4) is 0 Å². The first-order valence-corrected chi connectivity index (χ1v) is 6.71. The smallest absolute Gasteiger partial charge is 0.310 e. The van der Waals surface area contributed by atoms with E-state index < -0.39 is 0 Å². The largest absolute Gasteiger partial charge is 0.466 e. The zero-order valence-corrected chi connectivity index (χ0v) is 10.1. The fourth-order valence-electron chi connectivity index (χ4n) is 4.38. The van der Waals surface area contributed by atoms with Crippen LogP contribution in [0.25, 0.3) is 0 Å². The molecule has 2 bridgehead atoms. The molecule has 0 aliphatic carbocycles. The molecule has 0 N–H and O–H groups in total. The molecule has 0 amide bonds. The summed E-state index contributed by atoms with van der Waals surface area (Å²) in [6.07, 6.45) is 7.35. The number of hydrogen-bond donors (Lipinski definition) is 0. The third-order valence-corrected chi connectivity index (χ3v) is 4.90. The van der Waals surface area contributed by atoms with Crippen LogP contribution in [0, 0.1) is 5.92 Å². The van der Waals surface area contributed by atoms with Crippen LogP contribution in [0.2, 0.25) is 0 Å². The molecule has 3 heterocycles. The minimum absolute atomic E-state index is 0.0683. The Morgan fingerprint density at radius 2 is 2.25 bits per heavy atom. The maximum Gasteiger partial charge on any atom is 0.310 e. The Labute approximate surface area is 97.1 Å². The molecule has 0 radical (unpaired) electrons. The van der Waals surface area contributed by atoms with Crippen molar-refractivity contribution in [2.75, 3.05) is 13.2 Å². The normalized spacial score (nSPS) is 42.1. The molecule has 90 valence electrons. The lowest BCUT2D eigenvalue weighted by Gasteiger charge is -2.41. The van der Waals surface area contributed by atoms with Crippen LogP contribution in [-0.4, -0.2) is 35.6 Å². The second kappa shape index (κ2) is 3.73. The van der Waals surface area contributed by atoms with Crippen molar-refractivity contribution < 1.29 is 9.53 Å². The maximum absolute atomic E-state index is 12.1. The van der Waals surface area contributed by atoms with E-state index in [1.165, 1.54) is 38.6 Å². The van der Waals surface area contributed by atoms with Gasteiger partial charge in [-0.1, -0.05) is 6.42 Å². The van der Waals surface area contributed by atoms with E-state index in [-0.39, 0.29) is 17.4 Å². The molecule has 0 spiro atoms. The molecule has 3 heteroatoms. The average Bonchev–Trinajstić information content (AvgIpc) is 2.74. The summed E-state index contributed by atoms with van der Waals surface area (Å²) >= 11 is 0. The number of rotatable bonds is 2. The minimum Gasteiger partial charge on any atom is -0.466 e. The van der Waals surface area contributed by atoms with Gasteiger partial charge in [0, 0.05) is 11.6 Å². The molecule has 0 aromatic carbocycles. The van der Waals surface area contributed by atoms with Gasteiger partial charge in [0.15, 0.2) is 0 Å². The fraction of sp³-hybridized carbons (Fsp3) is 0.923. The van der Waals surface area contributed by atoms with Gasteiger partial charge < -0.3 is 4.74 Å². The zero-order chi connectivity index (χ0) is 11.2. The standard InChI is InChI=1S/C13H21NO2/c1-2-16-12(15)11-9-10-5-3-6-13(11)7-4-8-14(10)13/h10-11H,2-9H2,1H3. The van der Waals surface area contributed by atoms with E-state index in [0.29, 0.717) is 12.6 Å². The summed E-state index contributed by atoms with van der Waals surface area (Å²) in [5.74, 6) is 0.237. The van der Waals surface area contributed by atoms with E-state index in [0.717, 1.165) is 6.42 Å². The minimum atomic E-state index is 0.0683. The summed E-state index contributed by atoms with van der Waals surface area (Å²) in [5.41, 5.74) is 0.204. The number of carbonyl (C=O) groups is 1. The summed E-state index contributed by atoms with van der Waals surface area (Å²) in [5, 5.41) is 0. The van der Waals surface area contributed by atoms with E-state index in [2.05, 4.69) is 4.90 Å². The highest BCUT2D eigenvalue weighted by atomic mass is 16.5. The van der Waals surface area contributed by atoms with Crippen molar-refractivity contribution in [1.82, 2.24) is 4.90 Å². The predicted octanol–water partition coefficient (Wildman–Crippen LogP) is 1.96.